The minimum Gasteiger partial charge on any atom is -0.388 e. The fourth-order valence-corrected chi connectivity index (χ4v) is 4.66. The van der Waals surface area contributed by atoms with Crippen molar-refractivity contribution in [3.63, 3.8) is 0 Å². The Hall–Kier alpha value is -1.39. The molecule has 0 radical (unpaired) electrons. The van der Waals surface area contributed by atoms with Gasteiger partial charge in [0.25, 0.3) is 6.26 Å². The molecule has 0 spiro atoms. The molecule has 104 valence electrons. The van der Waals surface area contributed by atoms with E-state index >= 15 is 0 Å². The normalized spacial score (nSPS) is 12.8. The fraction of sp³-hybridized carbons (Fsp3) is 0.462. The van der Waals surface area contributed by atoms with Gasteiger partial charge in [-0.05, 0) is 24.1 Å². The first-order valence-electron chi connectivity index (χ1n) is 5.98. The summed E-state index contributed by atoms with van der Waals surface area (Å²) >= 11 is 0. The summed E-state index contributed by atoms with van der Waals surface area (Å²) in [6.07, 6.45) is 2.47. The summed E-state index contributed by atoms with van der Waals surface area (Å²) in [5, 5.41) is 8.57. The van der Waals surface area contributed by atoms with Crippen LogP contribution in [0.4, 0.5) is 0 Å². The second-order valence-electron chi connectivity index (χ2n) is 3.94. The largest absolute Gasteiger partial charge is 0.508 e. The quantitative estimate of drug-likeness (QED) is 0.567. The molecule has 0 aliphatic heterocycles. The summed E-state index contributed by atoms with van der Waals surface area (Å²) in [6.45, 7) is 2.04. The van der Waals surface area contributed by atoms with E-state index in [1.54, 1.807) is 33.7 Å². The molecule has 1 aromatic rings. The Morgan fingerprint density at radius 2 is 1.84 bits per heavy atom. The predicted molar refractivity (Wildman–Crippen MR) is 72.5 cm³/mol. The molecule has 0 N–H and O–H groups in total. The van der Waals surface area contributed by atoms with E-state index in [4.69, 9.17) is 23.3 Å². The van der Waals surface area contributed by atoms with Gasteiger partial charge in [-0.1, -0.05) is 19.1 Å². The van der Waals surface area contributed by atoms with Crippen molar-refractivity contribution in [2.45, 2.75) is 18.9 Å². The van der Waals surface area contributed by atoms with Gasteiger partial charge < -0.3 is 18.0 Å². The first kappa shape index (κ1) is 15.7. The Morgan fingerprint density at radius 3 is 2.32 bits per heavy atom. The molecule has 1 aromatic carbocycles. The van der Waals surface area contributed by atoms with Gasteiger partial charge in [0.2, 0.25) is 0 Å². The average molecular weight is 281 g/mol. The van der Waals surface area contributed by atoms with Gasteiger partial charge in [0.1, 0.15) is 5.75 Å². The van der Waals surface area contributed by atoms with E-state index in [0.717, 1.165) is 12.0 Å². The van der Waals surface area contributed by atoms with Crippen molar-refractivity contribution in [3.8, 4) is 12.0 Å². The van der Waals surface area contributed by atoms with Gasteiger partial charge in [0.15, 0.2) is 0 Å². The Bertz CT molecular complexity index is 434. The maximum absolute atomic E-state index is 8.57. The number of hydrogen-bond donors (Lipinski definition) is 0. The van der Waals surface area contributed by atoms with Crippen molar-refractivity contribution in [1.29, 1.82) is 5.26 Å². The molecular weight excluding hydrogens is 262 g/mol. The first-order chi connectivity index (χ1) is 9.17. The molecule has 0 amide bonds. The highest BCUT2D eigenvalue weighted by Gasteiger charge is 2.47. The lowest BCUT2D eigenvalue weighted by atomic mass is 10.1. The molecule has 0 heterocycles. The summed E-state index contributed by atoms with van der Waals surface area (Å²) in [5.74, 6) is 0.504. The van der Waals surface area contributed by atoms with E-state index in [1.165, 1.54) is 0 Å². The zero-order chi connectivity index (χ0) is 14.3. The molecule has 0 aromatic heterocycles. The monoisotopic (exact) mass is 281 g/mol. The van der Waals surface area contributed by atoms with Gasteiger partial charge in [-0.25, -0.2) is 0 Å². The van der Waals surface area contributed by atoms with Gasteiger partial charge in [0.05, 0.1) is 5.54 Å². The Labute approximate surface area is 115 Å². The third kappa shape index (κ3) is 3.33. The highest BCUT2D eigenvalue weighted by molar-refractivity contribution is 6.62. The maximum atomic E-state index is 8.57. The smallest absolute Gasteiger partial charge is 0.388 e. The molecule has 0 bridgehead atoms. The maximum Gasteiger partial charge on any atom is 0.508 e. The van der Waals surface area contributed by atoms with Crippen LogP contribution in [0.2, 0.25) is 0 Å². The van der Waals surface area contributed by atoms with Crippen LogP contribution in [0.15, 0.2) is 24.3 Å². The molecule has 1 atom stereocenters. The van der Waals surface area contributed by atoms with Crippen LogP contribution in [0, 0.1) is 11.5 Å². The molecule has 19 heavy (non-hydrogen) atoms. The van der Waals surface area contributed by atoms with Gasteiger partial charge >= 0.3 is 8.80 Å². The minimum atomic E-state index is -2.77. The van der Waals surface area contributed by atoms with Crippen LogP contribution >= 0.6 is 0 Å². The van der Waals surface area contributed by atoms with Crippen molar-refractivity contribution < 1.29 is 18.0 Å². The molecule has 5 nitrogen and oxygen atoms in total. The van der Waals surface area contributed by atoms with Crippen LogP contribution in [0.5, 0.6) is 5.75 Å². The highest BCUT2D eigenvalue weighted by atomic mass is 28.4. The van der Waals surface area contributed by atoms with E-state index in [2.05, 4.69) is 0 Å². The Kier molecular flexibility index (Phi) is 5.98. The van der Waals surface area contributed by atoms with Gasteiger partial charge in [0, 0.05) is 21.3 Å². The molecule has 0 aliphatic rings. The van der Waals surface area contributed by atoms with Gasteiger partial charge in [-0.2, -0.15) is 0 Å². The van der Waals surface area contributed by atoms with Gasteiger partial charge in [-0.3, -0.25) is 0 Å². The fourth-order valence-electron chi connectivity index (χ4n) is 2.21. The molecule has 1 rings (SSSR count). The molecule has 0 fully saturated rings. The van der Waals surface area contributed by atoms with E-state index in [0.29, 0.717) is 5.75 Å². The molecule has 6 heteroatoms. The molecular formula is C13H19NO4Si. The van der Waals surface area contributed by atoms with Crippen molar-refractivity contribution in [1.82, 2.24) is 0 Å². The predicted octanol–water partition coefficient (Wildman–Crippen LogP) is 2.46. The highest BCUT2D eigenvalue weighted by Crippen LogP contribution is 2.33. The zero-order valence-corrected chi connectivity index (χ0v) is 12.7. The summed E-state index contributed by atoms with van der Waals surface area (Å²) < 4.78 is 21.4. The average Bonchev–Trinajstić information content (AvgIpc) is 2.45. The molecule has 0 aliphatic carbocycles. The van der Waals surface area contributed by atoms with E-state index < -0.39 is 8.80 Å². The molecule has 1 unspecified atom stereocenters. The second kappa shape index (κ2) is 7.26. The number of benzene rings is 1. The van der Waals surface area contributed by atoms with Crippen LogP contribution in [0.1, 0.15) is 24.4 Å². The van der Waals surface area contributed by atoms with Crippen LogP contribution in [-0.2, 0) is 13.3 Å². The van der Waals surface area contributed by atoms with Crippen molar-refractivity contribution in [3.05, 3.63) is 29.8 Å². The SMILES string of the molecule is CCC(c1cccc(OC#N)c1)[Si](OC)(OC)OC. The third-order valence-corrected chi connectivity index (χ3v) is 6.41. The number of hydrogen-bond acceptors (Lipinski definition) is 5. The van der Waals surface area contributed by atoms with Crippen LogP contribution < -0.4 is 4.74 Å². The lowest BCUT2D eigenvalue weighted by Gasteiger charge is -2.32. The number of nitrogens with zero attached hydrogens (tertiary/aromatic N) is 1. The summed E-state index contributed by atoms with van der Waals surface area (Å²) in [7, 11) is 2.01. The summed E-state index contributed by atoms with van der Waals surface area (Å²) in [4.78, 5) is 0. The summed E-state index contributed by atoms with van der Waals surface area (Å²) in [6, 6.07) is 7.34. The number of nitriles is 1. The van der Waals surface area contributed by atoms with Crippen molar-refractivity contribution in [2.24, 2.45) is 0 Å². The summed E-state index contributed by atoms with van der Waals surface area (Å²) in [5.41, 5.74) is 0.974. The second-order valence-corrected chi connectivity index (χ2v) is 7.07. The van der Waals surface area contributed by atoms with Crippen LogP contribution in [0.3, 0.4) is 0 Å². The topological polar surface area (TPSA) is 60.7 Å². The van der Waals surface area contributed by atoms with Gasteiger partial charge in [-0.15, -0.1) is 5.26 Å². The Balaban J connectivity index is 3.15. The lowest BCUT2D eigenvalue weighted by Crippen LogP contribution is -2.49. The first-order valence-corrected chi connectivity index (χ1v) is 7.79. The van der Waals surface area contributed by atoms with Crippen molar-refractivity contribution >= 4 is 8.80 Å². The third-order valence-electron chi connectivity index (χ3n) is 3.11. The van der Waals surface area contributed by atoms with E-state index in [9.17, 15) is 0 Å². The van der Waals surface area contributed by atoms with E-state index in [-0.39, 0.29) is 5.54 Å². The Morgan fingerprint density at radius 1 is 1.21 bits per heavy atom. The van der Waals surface area contributed by atoms with Crippen LogP contribution in [0.25, 0.3) is 0 Å². The zero-order valence-electron chi connectivity index (χ0n) is 11.7. The number of ether oxygens (including phenoxy) is 1. The van der Waals surface area contributed by atoms with Crippen LogP contribution in [-0.4, -0.2) is 30.1 Å². The lowest BCUT2D eigenvalue weighted by molar-refractivity contribution is 0.111. The van der Waals surface area contributed by atoms with E-state index in [1.807, 2.05) is 25.1 Å². The minimum absolute atomic E-state index is 0.00487. The molecule has 0 saturated heterocycles. The van der Waals surface area contributed by atoms with Crippen molar-refractivity contribution in [2.75, 3.05) is 21.3 Å². The molecule has 0 saturated carbocycles. The number of rotatable bonds is 7. The standard InChI is InChI=1S/C13H19NO4Si/c1-5-13(19(15-2,16-3)17-4)11-7-6-8-12(9-11)18-10-14/h6-9,13H,5H2,1-4H3.